The molecule has 2 heterocycles. The second-order valence-corrected chi connectivity index (χ2v) is 4.63. The molecule has 1 aromatic heterocycles. The second-order valence-electron chi connectivity index (χ2n) is 4.63. The van der Waals surface area contributed by atoms with Gasteiger partial charge >= 0.3 is 0 Å². The van der Waals surface area contributed by atoms with Crippen LogP contribution in [0.15, 0.2) is 0 Å². The molecule has 103 valence electrons. The summed E-state index contributed by atoms with van der Waals surface area (Å²) in [6.45, 7) is 1.26. The lowest BCUT2D eigenvalue weighted by Gasteiger charge is -2.20. The zero-order valence-electron chi connectivity index (χ0n) is 11.0. The van der Waals surface area contributed by atoms with E-state index >= 15 is 0 Å². The average Bonchev–Trinajstić information content (AvgIpc) is 2.97. The molecule has 1 fully saturated rings. The molecule has 19 heavy (non-hydrogen) atoms. The van der Waals surface area contributed by atoms with Gasteiger partial charge in [0.1, 0.15) is 5.69 Å². The average molecular weight is 265 g/mol. The molecule has 7 heteroatoms. The third-order valence-corrected chi connectivity index (χ3v) is 3.09. The summed E-state index contributed by atoms with van der Waals surface area (Å²) in [6.07, 6.45) is 2.06. The first-order chi connectivity index (χ1) is 8.99. The van der Waals surface area contributed by atoms with Gasteiger partial charge in [-0.05, 0) is 12.8 Å². The summed E-state index contributed by atoms with van der Waals surface area (Å²) in [6, 6.07) is 2.63. The molecule has 0 spiro atoms. The molecule has 2 N–H and O–H groups in total. The molecule has 1 aliphatic rings. The Morgan fingerprint density at radius 1 is 1.63 bits per heavy atom. The molecule has 2 rings (SSSR count). The number of hydrogen-bond acceptors (Lipinski definition) is 4. The molecule has 1 radical (unpaired) electrons. The van der Waals surface area contributed by atoms with Crippen LogP contribution >= 0.6 is 0 Å². The van der Waals surface area contributed by atoms with Crippen LogP contribution in [0.5, 0.6) is 0 Å². The number of hydrogen-bond donors (Lipinski definition) is 1. The number of carbonyl (C=O) groups excluding carboxylic acids is 2. The van der Waals surface area contributed by atoms with Crippen molar-refractivity contribution < 1.29 is 14.3 Å². The van der Waals surface area contributed by atoms with Gasteiger partial charge in [-0.3, -0.25) is 14.3 Å². The summed E-state index contributed by atoms with van der Waals surface area (Å²) in [5.74, 6) is -0.950. The Morgan fingerprint density at radius 2 is 2.37 bits per heavy atom. The molecule has 1 atom stereocenters. The normalized spacial score (nSPS) is 18.5. The van der Waals surface area contributed by atoms with Crippen LogP contribution in [0.4, 0.5) is 0 Å². The van der Waals surface area contributed by atoms with E-state index in [4.69, 9.17) is 10.5 Å². The van der Waals surface area contributed by atoms with E-state index in [0.717, 1.165) is 19.4 Å². The highest BCUT2D eigenvalue weighted by Gasteiger charge is 2.24. The summed E-state index contributed by atoms with van der Waals surface area (Å²) in [7, 11) is 3.27. The number of aromatic nitrogens is 2. The highest BCUT2D eigenvalue weighted by atomic mass is 16.5. The lowest BCUT2D eigenvalue weighted by atomic mass is 10.2. The smallest absolute Gasteiger partial charge is 0.272 e. The van der Waals surface area contributed by atoms with E-state index in [1.54, 1.807) is 19.0 Å². The van der Waals surface area contributed by atoms with Gasteiger partial charge in [0, 0.05) is 27.2 Å². The van der Waals surface area contributed by atoms with Gasteiger partial charge in [-0.2, -0.15) is 5.10 Å². The fraction of sp³-hybridized carbons (Fsp3) is 0.583. The molecule has 0 aliphatic carbocycles. The van der Waals surface area contributed by atoms with E-state index < -0.39 is 5.91 Å². The number of nitrogens with two attached hydrogens (primary N) is 1. The first-order valence-corrected chi connectivity index (χ1v) is 6.12. The van der Waals surface area contributed by atoms with Crippen LogP contribution in [0.1, 0.15) is 33.8 Å². The fourth-order valence-electron chi connectivity index (χ4n) is 2.08. The van der Waals surface area contributed by atoms with Crippen LogP contribution in [0, 0.1) is 6.07 Å². The van der Waals surface area contributed by atoms with Gasteiger partial charge in [-0.15, -0.1) is 0 Å². The van der Waals surface area contributed by atoms with Crippen LogP contribution in [-0.2, 0) is 11.8 Å². The summed E-state index contributed by atoms with van der Waals surface area (Å²) in [5, 5.41) is 3.85. The molecular formula is C12H17N4O3. The third-order valence-electron chi connectivity index (χ3n) is 3.09. The quantitative estimate of drug-likeness (QED) is 0.799. The van der Waals surface area contributed by atoms with Crippen molar-refractivity contribution in [1.29, 1.82) is 0 Å². The Labute approximate surface area is 111 Å². The predicted molar refractivity (Wildman–Crippen MR) is 66.5 cm³/mol. The maximum absolute atomic E-state index is 12.2. The highest BCUT2D eigenvalue weighted by molar-refractivity contribution is 5.96. The maximum Gasteiger partial charge on any atom is 0.272 e. The molecule has 7 nitrogen and oxygen atoms in total. The lowest BCUT2D eigenvalue weighted by molar-refractivity contribution is 0.0578. The van der Waals surface area contributed by atoms with Crippen LogP contribution in [0.2, 0.25) is 0 Å². The number of primary amides is 1. The monoisotopic (exact) mass is 265 g/mol. The van der Waals surface area contributed by atoms with Crippen molar-refractivity contribution in [3.8, 4) is 0 Å². The summed E-state index contributed by atoms with van der Waals surface area (Å²) in [5.41, 5.74) is 5.30. The SMILES string of the molecule is CN(CC1CCCO1)C(=O)c1[c]c(C(N)=O)nn1C. The van der Waals surface area contributed by atoms with E-state index in [0.29, 0.717) is 6.54 Å². The van der Waals surface area contributed by atoms with E-state index in [1.807, 2.05) is 0 Å². The molecule has 1 saturated heterocycles. The molecule has 0 bridgehead atoms. The van der Waals surface area contributed by atoms with Crippen molar-refractivity contribution in [2.24, 2.45) is 12.8 Å². The first-order valence-electron chi connectivity index (χ1n) is 6.12. The summed E-state index contributed by atoms with van der Waals surface area (Å²) < 4.78 is 6.80. The van der Waals surface area contributed by atoms with E-state index in [9.17, 15) is 9.59 Å². The molecule has 0 aromatic carbocycles. The van der Waals surface area contributed by atoms with Gasteiger partial charge in [-0.25, -0.2) is 0 Å². The van der Waals surface area contributed by atoms with Crippen molar-refractivity contribution in [3.05, 3.63) is 17.5 Å². The Balaban J connectivity index is 2.07. The number of nitrogens with zero attached hydrogens (tertiary/aromatic N) is 3. The van der Waals surface area contributed by atoms with E-state index in [-0.39, 0.29) is 23.4 Å². The summed E-state index contributed by atoms with van der Waals surface area (Å²) in [4.78, 5) is 24.8. The molecule has 0 saturated carbocycles. The van der Waals surface area contributed by atoms with Crippen molar-refractivity contribution in [3.63, 3.8) is 0 Å². The van der Waals surface area contributed by atoms with Gasteiger partial charge in [0.25, 0.3) is 11.8 Å². The maximum atomic E-state index is 12.2. The standard InChI is InChI=1S/C12H17N4O3/c1-15(7-8-4-3-5-19-8)12(18)10-6-9(11(13)17)14-16(10)2/h8H,3-5,7H2,1-2H3,(H2,13,17). The molecule has 2 amide bonds. The number of ether oxygens (including phenoxy) is 1. The highest BCUT2D eigenvalue weighted by Crippen LogP contribution is 2.14. The van der Waals surface area contributed by atoms with Crippen LogP contribution in [-0.4, -0.2) is 52.8 Å². The van der Waals surface area contributed by atoms with Gasteiger partial charge in [0.05, 0.1) is 12.2 Å². The number of likely N-dealkylation sites (N-methyl/N-ethyl adjacent to an activating group) is 1. The topological polar surface area (TPSA) is 90.4 Å². The molecule has 1 unspecified atom stereocenters. The van der Waals surface area contributed by atoms with Gasteiger partial charge < -0.3 is 15.4 Å². The minimum atomic E-state index is -0.698. The van der Waals surface area contributed by atoms with Crippen molar-refractivity contribution >= 4 is 11.8 Å². The Hall–Kier alpha value is -1.89. The third kappa shape index (κ3) is 2.93. The van der Waals surface area contributed by atoms with E-state index in [1.165, 1.54) is 4.68 Å². The van der Waals surface area contributed by atoms with Crippen LogP contribution in [0.25, 0.3) is 0 Å². The lowest BCUT2D eigenvalue weighted by Crippen LogP contribution is -2.35. The van der Waals surface area contributed by atoms with Gasteiger partial charge in [-0.1, -0.05) is 0 Å². The summed E-state index contributed by atoms with van der Waals surface area (Å²) >= 11 is 0. The minimum Gasteiger partial charge on any atom is -0.376 e. The molecular weight excluding hydrogens is 248 g/mol. The first kappa shape index (κ1) is 13.5. The zero-order chi connectivity index (χ0) is 14.0. The van der Waals surface area contributed by atoms with Crippen LogP contribution < -0.4 is 5.73 Å². The van der Waals surface area contributed by atoms with Gasteiger partial charge in [0.15, 0.2) is 5.69 Å². The van der Waals surface area contributed by atoms with Gasteiger partial charge in [0.2, 0.25) is 0 Å². The second kappa shape index (κ2) is 5.40. The largest absolute Gasteiger partial charge is 0.376 e. The Kier molecular flexibility index (Phi) is 3.84. The van der Waals surface area contributed by atoms with Crippen molar-refractivity contribution in [2.45, 2.75) is 18.9 Å². The van der Waals surface area contributed by atoms with E-state index in [2.05, 4.69) is 11.2 Å². The Morgan fingerprint density at radius 3 is 2.89 bits per heavy atom. The number of rotatable bonds is 4. The minimum absolute atomic E-state index is 0.0311. The van der Waals surface area contributed by atoms with Crippen LogP contribution in [0.3, 0.4) is 0 Å². The zero-order valence-corrected chi connectivity index (χ0v) is 11.0. The number of aryl methyl sites for hydroxylation is 1. The fourth-order valence-corrected chi connectivity index (χ4v) is 2.08. The molecule has 1 aromatic rings. The number of carbonyl (C=O) groups is 2. The Bertz CT molecular complexity index is 491. The molecule has 1 aliphatic heterocycles. The van der Waals surface area contributed by atoms with Crippen molar-refractivity contribution in [1.82, 2.24) is 14.7 Å². The predicted octanol–water partition coefficient (Wildman–Crippen LogP) is -0.430. The van der Waals surface area contributed by atoms with Crippen molar-refractivity contribution in [2.75, 3.05) is 20.2 Å². The number of amides is 2.